The Hall–Kier alpha value is -1.75. The van der Waals surface area contributed by atoms with E-state index >= 15 is 0 Å². The second-order valence-electron chi connectivity index (χ2n) is 3.97. The standard InChI is InChI=1S/C13H13N2O2.BrH/c1-11-6-8-14(9-7-11)10-12-2-4-13(5-3-12)15(16)17;/h2-9H,10H2,1H3;1H/q+1;/p-1. The fraction of sp³-hybridized carbons (Fsp3) is 0.154. The average molecular weight is 309 g/mol. The summed E-state index contributed by atoms with van der Waals surface area (Å²) in [5.74, 6) is 0. The van der Waals surface area contributed by atoms with Crippen LogP contribution < -0.4 is 21.5 Å². The molecule has 4 nitrogen and oxygen atoms in total. The monoisotopic (exact) mass is 308 g/mol. The lowest BCUT2D eigenvalue weighted by molar-refractivity contribution is -0.688. The highest BCUT2D eigenvalue weighted by Gasteiger charge is 2.06. The molecule has 0 saturated heterocycles. The van der Waals surface area contributed by atoms with Crippen molar-refractivity contribution >= 4 is 5.69 Å². The van der Waals surface area contributed by atoms with Crippen molar-refractivity contribution in [3.8, 4) is 0 Å². The van der Waals surface area contributed by atoms with Crippen molar-refractivity contribution in [2.24, 2.45) is 0 Å². The predicted octanol–water partition coefficient (Wildman–Crippen LogP) is -0.757. The lowest BCUT2D eigenvalue weighted by Crippen LogP contribution is -3.00. The SMILES string of the molecule is Cc1cc[n+](Cc2ccc([N+](=O)[O-])cc2)cc1.[Br-]. The molecule has 0 atom stereocenters. The van der Waals surface area contributed by atoms with Crippen LogP contribution in [0, 0.1) is 17.0 Å². The van der Waals surface area contributed by atoms with Crippen LogP contribution in [0.4, 0.5) is 5.69 Å². The molecule has 5 heteroatoms. The van der Waals surface area contributed by atoms with Crippen LogP contribution in [0.25, 0.3) is 0 Å². The summed E-state index contributed by atoms with van der Waals surface area (Å²) in [6, 6.07) is 10.7. The van der Waals surface area contributed by atoms with Crippen molar-refractivity contribution in [1.82, 2.24) is 0 Å². The molecule has 1 heterocycles. The van der Waals surface area contributed by atoms with Gasteiger partial charge in [0.05, 0.1) is 4.92 Å². The Morgan fingerprint density at radius 3 is 2.17 bits per heavy atom. The number of hydrogen-bond donors (Lipinski definition) is 0. The zero-order valence-corrected chi connectivity index (χ0v) is 11.5. The van der Waals surface area contributed by atoms with E-state index in [0.717, 1.165) is 12.1 Å². The highest BCUT2D eigenvalue weighted by Crippen LogP contribution is 2.11. The van der Waals surface area contributed by atoms with Gasteiger partial charge in [0.25, 0.3) is 5.69 Å². The molecule has 0 radical (unpaired) electrons. The third kappa shape index (κ3) is 3.63. The highest BCUT2D eigenvalue weighted by molar-refractivity contribution is 5.32. The Kier molecular flexibility index (Phi) is 4.97. The van der Waals surface area contributed by atoms with Crippen LogP contribution in [-0.2, 0) is 6.54 Å². The van der Waals surface area contributed by atoms with Crippen molar-refractivity contribution in [2.45, 2.75) is 13.5 Å². The van der Waals surface area contributed by atoms with Gasteiger partial charge in [-0.1, -0.05) is 0 Å². The molecule has 0 spiro atoms. The van der Waals surface area contributed by atoms with Gasteiger partial charge in [0, 0.05) is 29.8 Å². The number of nitro groups is 1. The number of nitrogens with zero attached hydrogens (tertiary/aromatic N) is 2. The number of nitro benzene ring substituents is 1. The largest absolute Gasteiger partial charge is 1.00 e. The molecule has 0 N–H and O–H groups in total. The summed E-state index contributed by atoms with van der Waals surface area (Å²) in [7, 11) is 0. The molecule has 0 aliphatic heterocycles. The Morgan fingerprint density at radius 2 is 1.67 bits per heavy atom. The zero-order chi connectivity index (χ0) is 12.3. The van der Waals surface area contributed by atoms with E-state index in [1.165, 1.54) is 17.7 Å². The second-order valence-corrected chi connectivity index (χ2v) is 3.97. The first-order chi connectivity index (χ1) is 8.15. The molecular formula is C13H13BrN2O2. The number of hydrogen-bond acceptors (Lipinski definition) is 2. The van der Waals surface area contributed by atoms with Crippen LogP contribution in [0.15, 0.2) is 48.8 Å². The molecule has 0 amide bonds. The van der Waals surface area contributed by atoms with Gasteiger partial charge in [0.1, 0.15) is 0 Å². The smallest absolute Gasteiger partial charge is 0.269 e. The van der Waals surface area contributed by atoms with Gasteiger partial charge in [-0.05, 0) is 24.6 Å². The highest BCUT2D eigenvalue weighted by atomic mass is 79.9. The van der Waals surface area contributed by atoms with Crippen LogP contribution in [-0.4, -0.2) is 4.92 Å². The molecule has 0 aliphatic rings. The molecule has 18 heavy (non-hydrogen) atoms. The van der Waals surface area contributed by atoms with Crippen LogP contribution >= 0.6 is 0 Å². The molecule has 0 saturated carbocycles. The van der Waals surface area contributed by atoms with E-state index in [4.69, 9.17) is 0 Å². The van der Waals surface area contributed by atoms with Crippen LogP contribution in [0.1, 0.15) is 11.1 Å². The lowest BCUT2D eigenvalue weighted by Gasteiger charge is -1.98. The second kappa shape index (κ2) is 6.26. The maximum atomic E-state index is 10.5. The van der Waals surface area contributed by atoms with Crippen LogP contribution in [0.2, 0.25) is 0 Å². The summed E-state index contributed by atoms with van der Waals surface area (Å²) >= 11 is 0. The molecule has 0 unspecified atom stereocenters. The number of pyridine rings is 1. The third-order valence-electron chi connectivity index (χ3n) is 2.57. The summed E-state index contributed by atoms with van der Waals surface area (Å²) in [5.41, 5.74) is 2.39. The van der Waals surface area contributed by atoms with Crippen molar-refractivity contribution in [2.75, 3.05) is 0 Å². The summed E-state index contributed by atoms with van der Waals surface area (Å²) in [6.45, 7) is 2.76. The molecule has 1 aromatic carbocycles. The van der Waals surface area contributed by atoms with Gasteiger partial charge in [-0.15, -0.1) is 0 Å². The van der Waals surface area contributed by atoms with E-state index in [-0.39, 0.29) is 27.6 Å². The fourth-order valence-electron chi connectivity index (χ4n) is 1.57. The maximum absolute atomic E-state index is 10.5. The van der Waals surface area contributed by atoms with Gasteiger partial charge >= 0.3 is 0 Å². The van der Waals surface area contributed by atoms with Gasteiger partial charge in [-0.2, -0.15) is 0 Å². The van der Waals surface area contributed by atoms with Gasteiger partial charge in [-0.25, -0.2) is 4.57 Å². The lowest BCUT2D eigenvalue weighted by atomic mass is 10.2. The molecular weight excluding hydrogens is 296 g/mol. The van der Waals surface area contributed by atoms with Gasteiger partial charge in [0.2, 0.25) is 0 Å². The van der Waals surface area contributed by atoms with Gasteiger partial charge < -0.3 is 17.0 Å². The average Bonchev–Trinajstić information content (AvgIpc) is 2.33. The number of non-ortho nitro benzene ring substituents is 1. The molecule has 94 valence electrons. The van der Waals surface area contributed by atoms with Gasteiger partial charge in [-0.3, -0.25) is 10.1 Å². The maximum Gasteiger partial charge on any atom is 0.269 e. The van der Waals surface area contributed by atoms with E-state index in [9.17, 15) is 10.1 Å². The third-order valence-corrected chi connectivity index (χ3v) is 2.57. The van der Waals surface area contributed by atoms with Crippen molar-refractivity contribution in [3.05, 3.63) is 70.0 Å². The van der Waals surface area contributed by atoms with Crippen LogP contribution in [0.3, 0.4) is 0 Å². The Labute approximate surface area is 116 Å². The molecule has 0 fully saturated rings. The quantitative estimate of drug-likeness (QED) is 0.425. The first-order valence-electron chi connectivity index (χ1n) is 5.34. The molecule has 2 aromatic rings. The minimum absolute atomic E-state index is 0. The fourth-order valence-corrected chi connectivity index (χ4v) is 1.57. The minimum Gasteiger partial charge on any atom is -1.00 e. The number of halogens is 1. The summed E-state index contributed by atoms with van der Waals surface area (Å²) in [5, 5.41) is 10.5. The number of rotatable bonds is 3. The number of aryl methyl sites for hydroxylation is 1. The van der Waals surface area contributed by atoms with Crippen LogP contribution in [0.5, 0.6) is 0 Å². The van der Waals surface area contributed by atoms with Crippen molar-refractivity contribution in [1.29, 1.82) is 0 Å². The van der Waals surface area contributed by atoms with E-state index in [1.807, 2.05) is 36.0 Å². The van der Waals surface area contributed by atoms with E-state index in [2.05, 4.69) is 0 Å². The molecule has 2 rings (SSSR count). The minimum atomic E-state index is -0.386. The summed E-state index contributed by atoms with van der Waals surface area (Å²) < 4.78 is 2.04. The molecule has 1 aromatic heterocycles. The van der Waals surface area contributed by atoms with Crippen molar-refractivity contribution in [3.63, 3.8) is 0 Å². The molecule has 0 bridgehead atoms. The molecule has 0 aliphatic carbocycles. The summed E-state index contributed by atoms with van der Waals surface area (Å²) in [4.78, 5) is 10.1. The van der Waals surface area contributed by atoms with Crippen molar-refractivity contribution < 1.29 is 26.5 Å². The normalized spacial score (nSPS) is 9.61. The predicted molar refractivity (Wildman–Crippen MR) is 63.6 cm³/mol. The first-order valence-corrected chi connectivity index (χ1v) is 5.34. The zero-order valence-electron chi connectivity index (χ0n) is 9.91. The number of aromatic nitrogens is 1. The van der Waals surface area contributed by atoms with E-state index in [0.29, 0.717) is 0 Å². The first kappa shape index (κ1) is 14.3. The topological polar surface area (TPSA) is 47.0 Å². The Bertz CT molecular complexity index is 524. The Balaban J connectivity index is 0.00000162. The number of benzene rings is 1. The van der Waals surface area contributed by atoms with E-state index in [1.54, 1.807) is 12.1 Å². The van der Waals surface area contributed by atoms with E-state index < -0.39 is 0 Å². The van der Waals surface area contributed by atoms with Gasteiger partial charge in [0.15, 0.2) is 18.9 Å². The Morgan fingerprint density at radius 1 is 1.11 bits per heavy atom. The summed E-state index contributed by atoms with van der Waals surface area (Å²) in [6.07, 6.45) is 3.99.